The largest absolute Gasteiger partial charge is 0.379 e. The number of morpholine rings is 1. The summed E-state index contributed by atoms with van der Waals surface area (Å²) in [7, 11) is 1.79. The molecule has 2 N–H and O–H groups in total. The van der Waals surface area contributed by atoms with Crippen LogP contribution < -0.4 is 10.6 Å². The van der Waals surface area contributed by atoms with Crippen LogP contribution in [0, 0.1) is 5.92 Å². The Morgan fingerprint density at radius 2 is 1.97 bits per heavy atom. The number of nitrogens with zero attached hydrogens (tertiary/aromatic N) is 3. The van der Waals surface area contributed by atoms with Crippen molar-refractivity contribution in [1.82, 2.24) is 20.4 Å². The summed E-state index contributed by atoms with van der Waals surface area (Å²) in [5.74, 6) is 1.63. The van der Waals surface area contributed by atoms with Crippen molar-refractivity contribution in [3.63, 3.8) is 0 Å². The second kappa shape index (κ2) is 14.4. The minimum absolute atomic E-state index is 0. The van der Waals surface area contributed by atoms with E-state index in [0.717, 1.165) is 58.3 Å². The first kappa shape index (κ1) is 27.3. The molecule has 0 aromatic carbocycles. The van der Waals surface area contributed by atoms with Crippen LogP contribution in [0.4, 0.5) is 0 Å². The van der Waals surface area contributed by atoms with Gasteiger partial charge < -0.3 is 20.3 Å². The number of thiophene rings is 1. The molecule has 0 saturated carbocycles. The molecular weight excluding hydrogens is 537 g/mol. The van der Waals surface area contributed by atoms with Crippen LogP contribution in [0.15, 0.2) is 16.4 Å². The number of hydrogen-bond donors (Lipinski definition) is 2. The van der Waals surface area contributed by atoms with Gasteiger partial charge in [-0.2, -0.15) is 0 Å². The van der Waals surface area contributed by atoms with Crippen LogP contribution in [0.1, 0.15) is 43.6 Å². The zero-order valence-electron chi connectivity index (χ0n) is 19.8. The van der Waals surface area contributed by atoms with E-state index in [1.807, 2.05) is 4.90 Å². The van der Waals surface area contributed by atoms with Crippen molar-refractivity contribution in [1.29, 1.82) is 0 Å². The van der Waals surface area contributed by atoms with Crippen molar-refractivity contribution >= 4 is 47.2 Å². The quantitative estimate of drug-likeness (QED) is 0.269. The standard InChI is InChI=1S/C23H39N5O2S.HI/c1-4-18(5-2)20(27-11-13-30-14-12-27)16-26-23(24-3)25-9-6-22(29)28-10-7-21-19(17-28)8-15-31-21;/h8,15,18,20H,4-7,9-14,16-17H2,1-3H3,(H2,24,25,26);1H. The molecule has 3 heterocycles. The summed E-state index contributed by atoms with van der Waals surface area (Å²) in [5.41, 5.74) is 1.31. The van der Waals surface area contributed by atoms with E-state index in [1.54, 1.807) is 18.4 Å². The van der Waals surface area contributed by atoms with Gasteiger partial charge in [0.25, 0.3) is 0 Å². The highest BCUT2D eigenvalue weighted by Crippen LogP contribution is 2.24. The lowest BCUT2D eigenvalue weighted by Gasteiger charge is -2.39. The first-order valence-electron chi connectivity index (χ1n) is 11.8. The van der Waals surface area contributed by atoms with E-state index in [9.17, 15) is 4.79 Å². The van der Waals surface area contributed by atoms with Gasteiger partial charge in [-0.1, -0.05) is 26.7 Å². The van der Waals surface area contributed by atoms with Gasteiger partial charge in [0.15, 0.2) is 5.96 Å². The molecule has 1 fully saturated rings. The molecule has 0 spiro atoms. The fourth-order valence-corrected chi connectivity index (χ4v) is 5.55. The Morgan fingerprint density at radius 1 is 1.22 bits per heavy atom. The van der Waals surface area contributed by atoms with Crippen LogP contribution in [0.3, 0.4) is 0 Å². The molecule has 1 aromatic rings. The molecule has 0 radical (unpaired) electrons. The number of ether oxygens (including phenoxy) is 1. The van der Waals surface area contributed by atoms with E-state index in [1.165, 1.54) is 23.3 Å². The molecule has 3 rings (SSSR count). The summed E-state index contributed by atoms with van der Waals surface area (Å²) in [6, 6.07) is 2.61. The molecule has 182 valence electrons. The highest BCUT2D eigenvalue weighted by atomic mass is 127. The van der Waals surface area contributed by atoms with Crippen LogP contribution in [0.2, 0.25) is 0 Å². The molecular formula is C23H40IN5O2S. The predicted molar refractivity (Wildman–Crippen MR) is 143 cm³/mol. The summed E-state index contributed by atoms with van der Waals surface area (Å²) >= 11 is 1.80. The average Bonchev–Trinajstić information content (AvgIpc) is 3.29. The molecule has 7 nitrogen and oxygen atoms in total. The number of guanidine groups is 1. The molecule has 1 amide bonds. The molecule has 1 aromatic heterocycles. The molecule has 0 bridgehead atoms. The van der Waals surface area contributed by atoms with Crippen molar-refractivity contribution in [2.75, 3.05) is 53.0 Å². The number of hydrogen-bond acceptors (Lipinski definition) is 5. The molecule has 2 aliphatic heterocycles. The fraction of sp³-hybridized carbons (Fsp3) is 0.739. The zero-order chi connectivity index (χ0) is 22.1. The number of nitrogens with one attached hydrogen (secondary N) is 2. The number of halogens is 1. The smallest absolute Gasteiger partial charge is 0.224 e. The van der Waals surface area contributed by atoms with Crippen LogP contribution in [-0.4, -0.2) is 80.7 Å². The van der Waals surface area contributed by atoms with Gasteiger partial charge in [0, 0.05) is 63.7 Å². The van der Waals surface area contributed by atoms with Gasteiger partial charge in [0.05, 0.1) is 13.2 Å². The van der Waals surface area contributed by atoms with Crippen molar-refractivity contribution in [3.05, 3.63) is 21.9 Å². The van der Waals surface area contributed by atoms with Gasteiger partial charge in [-0.15, -0.1) is 35.3 Å². The lowest BCUT2D eigenvalue weighted by molar-refractivity contribution is -0.131. The van der Waals surface area contributed by atoms with Crippen LogP contribution in [-0.2, 0) is 22.5 Å². The van der Waals surface area contributed by atoms with E-state index in [-0.39, 0.29) is 29.9 Å². The van der Waals surface area contributed by atoms with Gasteiger partial charge in [-0.3, -0.25) is 14.7 Å². The van der Waals surface area contributed by atoms with E-state index in [0.29, 0.717) is 24.9 Å². The lowest BCUT2D eigenvalue weighted by atomic mass is 9.92. The summed E-state index contributed by atoms with van der Waals surface area (Å²) < 4.78 is 5.55. The molecule has 2 aliphatic rings. The van der Waals surface area contributed by atoms with Crippen molar-refractivity contribution in [2.24, 2.45) is 10.9 Å². The maximum Gasteiger partial charge on any atom is 0.224 e. The Bertz CT molecular complexity index is 719. The highest BCUT2D eigenvalue weighted by Gasteiger charge is 2.27. The van der Waals surface area contributed by atoms with E-state index < -0.39 is 0 Å². The first-order valence-corrected chi connectivity index (χ1v) is 12.6. The predicted octanol–water partition coefficient (Wildman–Crippen LogP) is 2.94. The summed E-state index contributed by atoms with van der Waals surface area (Å²) in [4.78, 5) is 23.0. The topological polar surface area (TPSA) is 69.2 Å². The minimum Gasteiger partial charge on any atom is -0.379 e. The van der Waals surface area contributed by atoms with Crippen molar-refractivity contribution in [3.8, 4) is 0 Å². The number of carbonyl (C=O) groups excluding carboxylic acids is 1. The van der Waals surface area contributed by atoms with Gasteiger partial charge in [-0.05, 0) is 29.3 Å². The maximum atomic E-state index is 12.6. The molecule has 32 heavy (non-hydrogen) atoms. The second-order valence-electron chi connectivity index (χ2n) is 8.36. The average molecular weight is 578 g/mol. The Labute approximate surface area is 214 Å². The first-order chi connectivity index (χ1) is 15.2. The monoisotopic (exact) mass is 577 g/mol. The van der Waals surface area contributed by atoms with Crippen LogP contribution in [0.5, 0.6) is 0 Å². The number of carbonyl (C=O) groups is 1. The molecule has 1 atom stereocenters. The van der Waals surface area contributed by atoms with Gasteiger partial charge in [0.2, 0.25) is 5.91 Å². The summed E-state index contributed by atoms with van der Waals surface area (Å²) in [5, 5.41) is 8.98. The number of aliphatic imine (C=N–C) groups is 1. The summed E-state index contributed by atoms with van der Waals surface area (Å²) in [6.07, 6.45) is 3.80. The fourth-order valence-electron chi connectivity index (χ4n) is 4.67. The Hall–Kier alpha value is -0.910. The third kappa shape index (κ3) is 7.56. The Balaban J connectivity index is 0.00000363. The number of fused-ring (bicyclic) bond motifs is 1. The third-order valence-electron chi connectivity index (χ3n) is 6.60. The van der Waals surface area contributed by atoms with Crippen molar-refractivity contribution < 1.29 is 9.53 Å². The van der Waals surface area contributed by atoms with Crippen LogP contribution in [0.25, 0.3) is 0 Å². The molecule has 0 aliphatic carbocycles. The second-order valence-corrected chi connectivity index (χ2v) is 9.36. The normalized spacial score (nSPS) is 18.1. The van der Waals surface area contributed by atoms with Crippen molar-refractivity contribution in [2.45, 2.75) is 52.1 Å². The third-order valence-corrected chi connectivity index (χ3v) is 7.62. The van der Waals surface area contributed by atoms with E-state index in [2.05, 4.69) is 45.8 Å². The van der Waals surface area contributed by atoms with Gasteiger partial charge in [-0.25, -0.2) is 0 Å². The van der Waals surface area contributed by atoms with Gasteiger partial charge >= 0.3 is 0 Å². The van der Waals surface area contributed by atoms with E-state index >= 15 is 0 Å². The summed E-state index contributed by atoms with van der Waals surface area (Å²) in [6.45, 7) is 11.2. The van der Waals surface area contributed by atoms with Crippen LogP contribution >= 0.6 is 35.3 Å². The SMILES string of the molecule is CCC(CC)C(CNC(=NC)NCCC(=O)N1CCc2sccc2C1)N1CCOCC1.I. The van der Waals surface area contributed by atoms with Gasteiger partial charge in [0.1, 0.15) is 0 Å². The lowest BCUT2D eigenvalue weighted by Crippen LogP contribution is -2.53. The Morgan fingerprint density at radius 3 is 2.66 bits per heavy atom. The Kier molecular flexibility index (Phi) is 12.3. The molecule has 9 heteroatoms. The molecule has 1 saturated heterocycles. The minimum atomic E-state index is 0. The zero-order valence-corrected chi connectivity index (χ0v) is 22.9. The maximum absolute atomic E-state index is 12.6. The molecule has 1 unspecified atom stereocenters. The van der Waals surface area contributed by atoms with E-state index in [4.69, 9.17) is 4.74 Å². The number of rotatable bonds is 9. The number of amides is 1. The highest BCUT2D eigenvalue weighted by molar-refractivity contribution is 14.0.